The molecule has 2 rings (SSSR count). The van der Waals surface area contributed by atoms with Crippen LogP contribution in [0.25, 0.3) is 0 Å². The van der Waals surface area contributed by atoms with E-state index in [2.05, 4.69) is 15.0 Å². The topological polar surface area (TPSA) is 179 Å². The monoisotopic (exact) mass is 480 g/mol. The van der Waals surface area contributed by atoms with Crippen LogP contribution in [-0.4, -0.2) is 43.7 Å². The van der Waals surface area contributed by atoms with Crippen LogP contribution in [0, 0.1) is 12.7 Å². The summed E-state index contributed by atoms with van der Waals surface area (Å²) in [5.74, 6) is -1.45. The van der Waals surface area contributed by atoms with Crippen molar-refractivity contribution in [3.05, 3.63) is 58.3 Å². The van der Waals surface area contributed by atoms with Gasteiger partial charge in [-0.25, -0.2) is 12.8 Å². The highest BCUT2D eigenvalue weighted by Crippen LogP contribution is 2.19. The lowest BCUT2D eigenvalue weighted by Gasteiger charge is -2.14. The van der Waals surface area contributed by atoms with Gasteiger partial charge in [-0.15, -0.1) is 0 Å². The minimum absolute atomic E-state index is 0.0795. The average molecular weight is 481 g/mol. The quantitative estimate of drug-likeness (QED) is 0.149. The Balaban J connectivity index is 2.11. The summed E-state index contributed by atoms with van der Waals surface area (Å²) in [5.41, 5.74) is 9.61. The van der Waals surface area contributed by atoms with Gasteiger partial charge in [0.25, 0.3) is 15.6 Å². The molecule has 1 amide bonds. The van der Waals surface area contributed by atoms with Gasteiger partial charge in [-0.1, -0.05) is 6.07 Å². The van der Waals surface area contributed by atoms with E-state index in [9.17, 15) is 27.2 Å². The van der Waals surface area contributed by atoms with Crippen molar-refractivity contribution < 1.29 is 22.4 Å². The highest BCUT2D eigenvalue weighted by molar-refractivity contribution is 7.92. The number of pyridine rings is 1. The standard InChI is InChI=1S/C20H25FN6O5S/c1-13-6-7-14(21)10-17(13)33(31,32)26-16-5-3-9-27(19(16)30)11-18(29)25-15(12-28)4-2-8-24-20(22)23/h3,5-7,9-10,12,15,26H,2,4,8,11H2,1H3,(H,25,29)(H4,22,23,24)/t15-/m0/s1. The number of nitrogens with one attached hydrogen (secondary N) is 2. The van der Waals surface area contributed by atoms with E-state index in [0.29, 0.717) is 18.3 Å². The van der Waals surface area contributed by atoms with E-state index in [1.165, 1.54) is 31.3 Å². The van der Waals surface area contributed by atoms with E-state index in [1.54, 1.807) is 0 Å². The van der Waals surface area contributed by atoms with Crippen molar-refractivity contribution in [2.75, 3.05) is 11.3 Å². The third kappa shape index (κ3) is 7.42. The number of carbonyl (C=O) groups excluding carboxylic acids is 2. The second-order valence-corrected chi connectivity index (χ2v) is 8.78. The molecule has 11 nitrogen and oxygen atoms in total. The Morgan fingerprint density at radius 1 is 1.30 bits per heavy atom. The predicted octanol–water partition coefficient (Wildman–Crippen LogP) is -0.166. The number of aldehydes is 1. The zero-order chi connectivity index (χ0) is 24.6. The number of aliphatic imine (C=N–C) groups is 1. The molecule has 13 heteroatoms. The van der Waals surface area contributed by atoms with Crippen molar-refractivity contribution in [1.82, 2.24) is 9.88 Å². The first-order valence-corrected chi connectivity index (χ1v) is 11.3. The molecule has 1 heterocycles. The highest BCUT2D eigenvalue weighted by Gasteiger charge is 2.20. The average Bonchev–Trinajstić information content (AvgIpc) is 2.74. The van der Waals surface area contributed by atoms with Gasteiger partial charge in [0.15, 0.2) is 5.96 Å². The van der Waals surface area contributed by atoms with Crippen LogP contribution < -0.4 is 27.1 Å². The molecule has 0 unspecified atom stereocenters. The van der Waals surface area contributed by atoms with Crippen LogP contribution >= 0.6 is 0 Å². The Labute approximate surface area is 189 Å². The lowest BCUT2D eigenvalue weighted by atomic mass is 10.2. The highest BCUT2D eigenvalue weighted by atomic mass is 32.2. The predicted molar refractivity (Wildman–Crippen MR) is 121 cm³/mol. The van der Waals surface area contributed by atoms with Crippen LogP contribution in [0.3, 0.4) is 0 Å². The van der Waals surface area contributed by atoms with E-state index < -0.39 is 39.9 Å². The van der Waals surface area contributed by atoms with Gasteiger partial charge in [-0.3, -0.25) is 19.3 Å². The van der Waals surface area contributed by atoms with Gasteiger partial charge >= 0.3 is 0 Å². The SMILES string of the molecule is Cc1ccc(F)cc1S(=O)(=O)Nc1cccn(CC(=O)N[C@H](C=O)CCCN=C(N)N)c1=O. The molecular weight excluding hydrogens is 455 g/mol. The molecule has 0 aliphatic heterocycles. The first-order chi connectivity index (χ1) is 15.5. The minimum atomic E-state index is -4.25. The normalized spacial score (nSPS) is 11.9. The molecule has 0 saturated heterocycles. The molecule has 0 saturated carbocycles. The lowest BCUT2D eigenvalue weighted by molar-refractivity contribution is -0.124. The number of hydrogen-bond donors (Lipinski definition) is 4. The van der Waals surface area contributed by atoms with Crippen molar-refractivity contribution in [2.45, 2.75) is 37.2 Å². The van der Waals surface area contributed by atoms with Crippen LogP contribution in [0.15, 0.2) is 51.2 Å². The zero-order valence-electron chi connectivity index (χ0n) is 17.8. The van der Waals surface area contributed by atoms with Crippen molar-refractivity contribution in [3.8, 4) is 0 Å². The number of anilines is 1. The van der Waals surface area contributed by atoms with Crippen LogP contribution in [0.5, 0.6) is 0 Å². The Morgan fingerprint density at radius 2 is 2.03 bits per heavy atom. The summed E-state index contributed by atoms with van der Waals surface area (Å²) < 4.78 is 41.9. The molecule has 6 N–H and O–H groups in total. The summed E-state index contributed by atoms with van der Waals surface area (Å²) in [6, 6.07) is 5.06. The first kappa shape index (κ1) is 25.5. The van der Waals surface area contributed by atoms with Gasteiger partial charge in [0.1, 0.15) is 24.3 Å². The molecule has 0 aliphatic carbocycles. The molecule has 0 spiro atoms. The Hall–Kier alpha value is -3.74. The Kier molecular flexibility index (Phi) is 8.68. The second-order valence-electron chi connectivity index (χ2n) is 7.13. The number of rotatable bonds is 11. The number of hydrogen-bond acceptors (Lipinski definition) is 6. The maximum atomic E-state index is 13.5. The molecule has 1 aromatic carbocycles. The zero-order valence-corrected chi connectivity index (χ0v) is 18.6. The molecular formula is C20H25FN6O5S. The smallest absolute Gasteiger partial charge is 0.275 e. The molecule has 0 fully saturated rings. The fourth-order valence-corrected chi connectivity index (χ4v) is 4.22. The fourth-order valence-electron chi connectivity index (χ4n) is 2.90. The van der Waals surface area contributed by atoms with Crippen molar-refractivity contribution in [1.29, 1.82) is 0 Å². The molecule has 0 bridgehead atoms. The van der Waals surface area contributed by atoms with Gasteiger partial charge in [0.2, 0.25) is 5.91 Å². The molecule has 178 valence electrons. The van der Waals surface area contributed by atoms with Crippen molar-refractivity contribution in [3.63, 3.8) is 0 Å². The summed E-state index contributed by atoms with van der Waals surface area (Å²) in [6.07, 6.45) is 2.58. The van der Waals surface area contributed by atoms with Crippen LogP contribution in [-0.2, 0) is 26.2 Å². The maximum Gasteiger partial charge on any atom is 0.275 e. The molecule has 1 atom stereocenters. The van der Waals surface area contributed by atoms with Gasteiger partial charge in [0, 0.05) is 12.7 Å². The number of sulfonamides is 1. The second kappa shape index (κ2) is 11.2. The largest absolute Gasteiger partial charge is 0.370 e. The third-order valence-electron chi connectivity index (χ3n) is 4.50. The number of guanidine groups is 1. The van der Waals surface area contributed by atoms with E-state index >= 15 is 0 Å². The fraction of sp³-hybridized carbons (Fsp3) is 0.300. The Bertz CT molecular complexity index is 1210. The van der Waals surface area contributed by atoms with Gasteiger partial charge in [0.05, 0.1) is 10.9 Å². The minimum Gasteiger partial charge on any atom is -0.370 e. The summed E-state index contributed by atoms with van der Waals surface area (Å²) in [6.45, 7) is 1.32. The molecule has 2 aromatic rings. The number of aromatic nitrogens is 1. The van der Waals surface area contributed by atoms with E-state index in [1.807, 2.05) is 0 Å². The molecule has 33 heavy (non-hydrogen) atoms. The number of carbonyl (C=O) groups is 2. The number of nitrogens with zero attached hydrogens (tertiary/aromatic N) is 2. The number of aryl methyl sites for hydroxylation is 1. The molecule has 0 aliphatic rings. The van der Waals surface area contributed by atoms with Crippen LogP contribution in [0.2, 0.25) is 0 Å². The summed E-state index contributed by atoms with van der Waals surface area (Å²) in [7, 11) is -4.25. The first-order valence-electron chi connectivity index (χ1n) is 9.82. The van der Waals surface area contributed by atoms with Crippen molar-refractivity contribution >= 4 is 33.9 Å². The van der Waals surface area contributed by atoms with Gasteiger partial charge in [-0.2, -0.15) is 0 Å². The van der Waals surface area contributed by atoms with Crippen LogP contribution in [0.4, 0.5) is 10.1 Å². The lowest BCUT2D eigenvalue weighted by Crippen LogP contribution is -2.40. The van der Waals surface area contributed by atoms with Crippen molar-refractivity contribution in [2.24, 2.45) is 16.5 Å². The maximum absolute atomic E-state index is 13.5. The number of benzene rings is 1. The van der Waals surface area contributed by atoms with E-state index in [-0.39, 0.29) is 29.5 Å². The Morgan fingerprint density at radius 3 is 2.70 bits per heavy atom. The van der Waals surface area contributed by atoms with Gasteiger partial charge < -0.3 is 26.1 Å². The summed E-state index contributed by atoms with van der Waals surface area (Å²) >= 11 is 0. The van der Waals surface area contributed by atoms with E-state index in [0.717, 1.165) is 16.7 Å². The molecule has 0 radical (unpaired) electrons. The number of nitrogens with two attached hydrogens (primary N) is 2. The summed E-state index contributed by atoms with van der Waals surface area (Å²) in [4.78, 5) is 39.6. The van der Waals surface area contributed by atoms with Gasteiger partial charge in [-0.05, 0) is 49.6 Å². The number of halogens is 1. The number of amides is 1. The molecule has 1 aromatic heterocycles. The van der Waals surface area contributed by atoms with E-state index in [4.69, 9.17) is 11.5 Å². The summed E-state index contributed by atoms with van der Waals surface area (Å²) in [5, 5.41) is 2.48. The van der Waals surface area contributed by atoms with Crippen LogP contribution in [0.1, 0.15) is 18.4 Å². The third-order valence-corrected chi connectivity index (χ3v) is 6.00.